The number of hydrogen-bond acceptors (Lipinski definition) is 3. The first-order valence-electron chi connectivity index (χ1n) is 14.9. The van der Waals surface area contributed by atoms with E-state index in [1.54, 1.807) is 12.1 Å². The number of halogens is 1. The van der Waals surface area contributed by atoms with Gasteiger partial charge in [0.1, 0.15) is 5.82 Å². The molecule has 0 spiro atoms. The molecule has 0 unspecified atom stereocenters. The molecule has 1 N–H and O–H groups in total. The van der Waals surface area contributed by atoms with Crippen molar-refractivity contribution >= 4 is 28.8 Å². The lowest BCUT2D eigenvalue weighted by Gasteiger charge is -2.26. The Morgan fingerprint density at radius 3 is 2.35 bits per heavy atom. The number of nitrogens with one attached hydrogen (secondary N) is 1. The van der Waals surface area contributed by atoms with E-state index in [4.69, 9.17) is 0 Å². The maximum atomic E-state index is 13.7. The van der Waals surface area contributed by atoms with Crippen LogP contribution in [-0.2, 0) is 12.8 Å². The minimum absolute atomic E-state index is 0.200. The van der Waals surface area contributed by atoms with E-state index in [0.29, 0.717) is 5.92 Å². The van der Waals surface area contributed by atoms with E-state index in [0.717, 1.165) is 24.2 Å². The molecule has 210 valence electrons. The van der Waals surface area contributed by atoms with Crippen molar-refractivity contribution in [2.75, 3.05) is 24.2 Å². The molecule has 2 aliphatic rings. The number of anilines is 1. The molecule has 2 aliphatic carbocycles. The van der Waals surface area contributed by atoms with Crippen LogP contribution in [-0.4, -0.2) is 19.8 Å². The molecule has 40 heavy (non-hydrogen) atoms. The van der Waals surface area contributed by atoms with Gasteiger partial charge in [0.05, 0.1) is 5.69 Å². The summed E-state index contributed by atoms with van der Waals surface area (Å²) in [5.41, 5.74) is 12.7. The van der Waals surface area contributed by atoms with Gasteiger partial charge in [0.25, 0.3) is 0 Å². The summed E-state index contributed by atoms with van der Waals surface area (Å²) in [6.07, 6.45) is 13.1. The summed E-state index contributed by atoms with van der Waals surface area (Å²) in [7, 11) is 1.93. The van der Waals surface area contributed by atoms with E-state index in [1.807, 2.05) is 31.1 Å². The third-order valence-corrected chi connectivity index (χ3v) is 9.26. The average molecular weight is 555 g/mol. The molecule has 1 saturated carbocycles. The molecule has 0 aliphatic heterocycles. The van der Waals surface area contributed by atoms with Crippen molar-refractivity contribution in [2.45, 2.75) is 70.6 Å². The summed E-state index contributed by atoms with van der Waals surface area (Å²) in [5.74, 6) is 0.449. The van der Waals surface area contributed by atoms with Crippen LogP contribution in [0.2, 0.25) is 0 Å². The van der Waals surface area contributed by atoms with E-state index < -0.39 is 0 Å². The van der Waals surface area contributed by atoms with Crippen LogP contribution in [0.15, 0.2) is 72.9 Å². The van der Waals surface area contributed by atoms with Crippen LogP contribution in [0.25, 0.3) is 11.1 Å². The van der Waals surface area contributed by atoms with Gasteiger partial charge in [-0.05, 0) is 109 Å². The molecule has 4 heteroatoms. The number of aryl methyl sites for hydroxylation is 2. The molecular weight excluding hydrogens is 511 g/mol. The van der Waals surface area contributed by atoms with Gasteiger partial charge in [-0.3, -0.25) is 0 Å². The third kappa shape index (κ3) is 6.66. The van der Waals surface area contributed by atoms with E-state index in [9.17, 15) is 4.39 Å². The Morgan fingerprint density at radius 1 is 0.975 bits per heavy atom. The maximum Gasteiger partial charge on any atom is 0.123 e. The highest BCUT2D eigenvalue weighted by Crippen LogP contribution is 2.50. The number of benzene rings is 3. The molecule has 0 radical (unpaired) electrons. The topological polar surface area (TPSA) is 15.3 Å². The van der Waals surface area contributed by atoms with Gasteiger partial charge in [0, 0.05) is 31.1 Å². The minimum Gasteiger partial charge on any atom is -0.388 e. The Bertz CT molecular complexity index is 1350. The summed E-state index contributed by atoms with van der Waals surface area (Å²) in [6, 6.07) is 20.8. The maximum absolute atomic E-state index is 13.7. The zero-order valence-electron chi connectivity index (χ0n) is 24.4. The second kappa shape index (κ2) is 13.1. The first kappa shape index (κ1) is 28.5. The Kier molecular flexibility index (Phi) is 9.36. The highest BCUT2D eigenvalue weighted by Gasteiger charge is 2.32. The molecule has 0 heterocycles. The predicted molar refractivity (Wildman–Crippen MR) is 172 cm³/mol. The molecule has 0 aromatic heterocycles. The van der Waals surface area contributed by atoms with Crippen molar-refractivity contribution in [3.8, 4) is 0 Å². The number of unbranched alkanes of at least 4 members (excludes halogenated alkanes) is 4. The molecule has 0 atom stereocenters. The highest BCUT2D eigenvalue weighted by molar-refractivity contribution is 7.99. The third-order valence-electron chi connectivity index (χ3n) is 8.44. The zero-order valence-corrected chi connectivity index (χ0v) is 25.2. The summed E-state index contributed by atoms with van der Waals surface area (Å²) >= 11 is 1.85. The van der Waals surface area contributed by atoms with E-state index in [1.165, 1.54) is 96.0 Å². The fourth-order valence-electron chi connectivity index (χ4n) is 5.95. The Hall–Kier alpha value is -2.98. The molecular formula is C36H43FN2S. The van der Waals surface area contributed by atoms with Gasteiger partial charge in [-0.25, -0.2) is 4.39 Å². The number of likely N-dealkylation sites (N-methyl/N-ethyl adjacent to an activating group) is 1. The van der Waals surface area contributed by atoms with Crippen molar-refractivity contribution in [3.05, 3.63) is 112 Å². The summed E-state index contributed by atoms with van der Waals surface area (Å²) in [4.78, 5) is 0. The lowest BCUT2D eigenvalue weighted by Crippen LogP contribution is -2.17. The lowest BCUT2D eigenvalue weighted by atomic mass is 9.96. The van der Waals surface area contributed by atoms with Crippen LogP contribution < -0.4 is 9.62 Å². The van der Waals surface area contributed by atoms with E-state index >= 15 is 0 Å². The fraction of sp³-hybridized carbons (Fsp3) is 0.389. The van der Waals surface area contributed by atoms with E-state index in [-0.39, 0.29) is 5.82 Å². The molecule has 0 saturated heterocycles. The van der Waals surface area contributed by atoms with Gasteiger partial charge in [-0.2, -0.15) is 0 Å². The van der Waals surface area contributed by atoms with Gasteiger partial charge in [-0.15, -0.1) is 0 Å². The zero-order chi connectivity index (χ0) is 28.1. The molecule has 1 fully saturated rings. The van der Waals surface area contributed by atoms with Crippen LogP contribution in [0, 0.1) is 12.7 Å². The van der Waals surface area contributed by atoms with Crippen LogP contribution in [0.4, 0.5) is 10.1 Å². The molecule has 3 aromatic rings. The number of allylic oxidation sites excluding steroid dienone is 2. The van der Waals surface area contributed by atoms with Gasteiger partial charge in [0.2, 0.25) is 0 Å². The van der Waals surface area contributed by atoms with Crippen molar-refractivity contribution in [3.63, 3.8) is 0 Å². The van der Waals surface area contributed by atoms with E-state index in [2.05, 4.69) is 65.8 Å². The first-order chi connectivity index (χ1) is 19.5. The second-order valence-corrected chi connectivity index (χ2v) is 12.2. The lowest BCUT2D eigenvalue weighted by molar-refractivity contribution is 0.619. The number of rotatable bonds is 14. The SMILES string of the molecule is C=C(NC)C1=C(c2ccc(F)cc2)Cc2cc(N(CCCCCCCc3ccc(C)cc3)SC)c(C3CC3)cc21. The number of hydrogen-bond donors (Lipinski definition) is 1. The van der Waals surface area contributed by atoms with Crippen LogP contribution in [0.3, 0.4) is 0 Å². The van der Waals surface area contributed by atoms with Crippen molar-refractivity contribution in [1.29, 1.82) is 0 Å². The van der Waals surface area contributed by atoms with Gasteiger partial charge >= 0.3 is 0 Å². The highest BCUT2D eigenvalue weighted by atomic mass is 32.2. The smallest absolute Gasteiger partial charge is 0.123 e. The van der Waals surface area contributed by atoms with Gasteiger partial charge in [0.15, 0.2) is 0 Å². The van der Waals surface area contributed by atoms with Gasteiger partial charge < -0.3 is 9.62 Å². The monoisotopic (exact) mass is 554 g/mol. The largest absolute Gasteiger partial charge is 0.388 e. The quantitative estimate of drug-likeness (QED) is 0.158. The predicted octanol–water partition coefficient (Wildman–Crippen LogP) is 9.49. The number of nitrogens with zero attached hydrogens (tertiary/aromatic N) is 1. The van der Waals surface area contributed by atoms with Gasteiger partial charge in [-0.1, -0.05) is 79.8 Å². The molecule has 3 aromatic carbocycles. The summed E-state index contributed by atoms with van der Waals surface area (Å²) in [6.45, 7) is 7.57. The van der Waals surface area contributed by atoms with Crippen molar-refractivity contribution < 1.29 is 4.39 Å². The summed E-state index contributed by atoms with van der Waals surface area (Å²) in [5, 5.41) is 3.29. The summed E-state index contributed by atoms with van der Waals surface area (Å²) < 4.78 is 16.2. The molecule has 5 rings (SSSR count). The number of fused-ring (bicyclic) bond motifs is 1. The van der Waals surface area contributed by atoms with Crippen molar-refractivity contribution in [1.82, 2.24) is 5.32 Å². The Balaban J connectivity index is 1.26. The van der Waals surface area contributed by atoms with Crippen LogP contribution >= 0.6 is 11.9 Å². The normalized spacial score (nSPS) is 14.4. The first-order valence-corrected chi connectivity index (χ1v) is 16.1. The molecule has 0 amide bonds. The minimum atomic E-state index is -0.200. The average Bonchev–Trinajstić information content (AvgIpc) is 3.75. The standard InChI is InChI=1S/C36H43FN2S/c1-25-11-13-27(14-12-25)10-8-6-5-7-9-21-39(40-4)35-23-30-22-33(29-17-19-31(37)20-18-29)36(26(2)38-3)34(30)24-32(35)28-15-16-28/h11-14,17-20,23-24,28,38H,2,5-10,15-16,21-22H2,1,3-4H3. The molecule has 2 nitrogen and oxygen atoms in total. The Morgan fingerprint density at radius 2 is 1.68 bits per heavy atom. The molecule has 0 bridgehead atoms. The van der Waals surface area contributed by atoms with Crippen LogP contribution in [0.1, 0.15) is 84.2 Å². The Labute approximate surface area is 244 Å². The second-order valence-electron chi connectivity index (χ2n) is 11.4. The fourth-order valence-corrected chi connectivity index (χ4v) is 6.62. The van der Waals surface area contributed by atoms with Crippen molar-refractivity contribution in [2.24, 2.45) is 0 Å². The van der Waals surface area contributed by atoms with Crippen LogP contribution in [0.5, 0.6) is 0 Å².